The molecular formula is C29H35Cl2N3O4. The summed E-state index contributed by atoms with van der Waals surface area (Å²) in [5.74, 6) is 0.516. The van der Waals surface area contributed by atoms with Crippen LogP contribution in [0.2, 0.25) is 10.0 Å². The van der Waals surface area contributed by atoms with E-state index < -0.39 is 0 Å². The highest BCUT2D eigenvalue weighted by Gasteiger charge is 2.30. The van der Waals surface area contributed by atoms with Gasteiger partial charge in [-0.1, -0.05) is 41.8 Å². The number of benzene rings is 2. The number of fused-ring (bicyclic) bond motifs is 1. The van der Waals surface area contributed by atoms with Gasteiger partial charge >= 0.3 is 5.97 Å². The van der Waals surface area contributed by atoms with Crippen molar-refractivity contribution in [1.82, 2.24) is 4.90 Å². The van der Waals surface area contributed by atoms with E-state index in [1.54, 1.807) is 4.90 Å². The number of rotatable bonds is 10. The summed E-state index contributed by atoms with van der Waals surface area (Å²) < 4.78 is 11.5. The van der Waals surface area contributed by atoms with Gasteiger partial charge in [0.15, 0.2) is 6.73 Å². The Morgan fingerprint density at radius 1 is 0.974 bits per heavy atom. The van der Waals surface area contributed by atoms with Crippen molar-refractivity contribution in [3.05, 3.63) is 52.0 Å². The number of piperazine rings is 1. The van der Waals surface area contributed by atoms with E-state index in [-0.39, 0.29) is 24.5 Å². The van der Waals surface area contributed by atoms with Crippen molar-refractivity contribution in [1.29, 1.82) is 0 Å². The van der Waals surface area contributed by atoms with Gasteiger partial charge in [0.05, 0.1) is 33.9 Å². The molecule has 0 N–H and O–H groups in total. The molecule has 1 amide bonds. The number of carbonyl (C=O) groups is 2. The fourth-order valence-electron chi connectivity index (χ4n) is 5.22. The predicted octanol–water partition coefficient (Wildman–Crippen LogP) is 5.55. The number of hydrogen-bond donors (Lipinski definition) is 0. The Kier molecular flexibility index (Phi) is 8.97. The Morgan fingerprint density at radius 3 is 2.55 bits per heavy atom. The predicted molar refractivity (Wildman–Crippen MR) is 150 cm³/mol. The van der Waals surface area contributed by atoms with Crippen molar-refractivity contribution >= 4 is 46.5 Å². The van der Waals surface area contributed by atoms with E-state index in [4.69, 9.17) is 32.7 Å². The standard InChI is InChI=1S/C29H35Cl2N3O4/c30-24-7-4-8-25(28(24)31)33-16-14-32(15-17-33)13-1-2-18-37-23-11-9-21-10-12-27(35)34(26(21)19-23)20-38-29(36)22-5-3-6-22/h4,7-9,11,19,22H,1-3,5-6,10,12-18,20H2. The smallest absolute Gasteiger partial charge is 0.310 e. The molecule has 2 fully saturated rings. The minimum absolute atomic E-state index is 0.00522. The van der Waals surface area contributed by atoms with Crippen molar-refractivity contribution in [3.63, 3.8) is 0 Å². The van der Waals surface area contributed by atoms with E-state index in [0.29, 0.717) is 29.5 Å². The largest absolute Gasteiger partial charge is 0.494 e. The Balaban J connectivity index is 1.05. The van der Waals surface area contributed by atoms with Crippen LogP contribution < -0.4 is 14.5 Å². The summed E-state index contributed by atoms with van der Waals surface area (Å²) in [6, 6.07) is 11.7. The zero-order valence-electron chi connectivity index (χ0n) is 21.7. The monoisotopic (exact) mass is 559 g/mol. The Hall–Kier alpha value is -2.48. The highest BCUT2D eigenvalue weighted by atomic mass is 35.5. The zero-order chi connectivity index (χ0) is 26.5. The van der Waals surface area contributed by atoms with Gasteiger partial charge in [0.2, 0.25) is 5.91 Å². The van der Waals surface area contributed by atoms with Gasteiger partial charge in [0, 0.05) is 38.7 Å². The fourth-order valence-corrected chi connectivity index (χ4v) is 5.63. The Bertz CT molecular complexity index is 1150. The number of aryl methyl sites for hydroxylation is 1. The van der Waals surface area contributed by atoms with Crippen LogP contribution >= 0.6 is 23.2 Å². The number of halogens is 2. The topological polar surface area (TPSA) is 62.3 Å². The highest BCUT2D eigenvalue weighted by molar-refractivity contribution is 6.43. The third-order valence-corrected chi connectivity index (χ3v) is 8.62. The zero-order valence-corrected chi connectivity index (χ0v) is 23.2. The molecule has 0 unspecified atom stereocenters. The molecule has 7 nitrogen and oxygen atoms in total. The summed E-state index contributed by atoms with van der Waals surface area (Å²) in [5.41, 5.74) is 2.88. The van der Waals surface area contributed by atoms with E-state index in [1.165, 1.54) is 0 Å². The van der Waals surface area contributed by atoms with Gasteiger partial charge in [-0.3, -0.25) is 19.4 Å². The number of amides is 1. The van der Waals surface area contributed by atoms with Crippen molar-refractivity contribution in [2.75, 3.05) is 55.9 Å². The summed E-state index contributed by atoms with van der Waals surface area (Å²) in [6.07, 6.45) is 5.95. The lowest BCUT2D eigenvalue weighted by Gasteiger charge is -2.36. The van der Waals surface area contributed by atoms with Crippen molar-refractivity contribution in [2.24, 2.45) is 5.92 Å². The molecule has 38 heavy (non-hydrogen) atoms. The molecular weight excluding hydrogens is 525 g/mol. The first-order valence-corrected chi connectivity index (χ1v) is 14.4. The van der Waals surface area contributed by atoms with Gasteiger partial charge in [0.1, 0.15) is 5.75 Å². The van der Waals surface area contributed by atoms with Crippen LogP contribution in [0.4, 0.5) is 11.4 Å². The Labute approximate surface area is 234 Å². The van der Waals surface area contributed by atoms with Crippen LogP contribution in [0.5, 0.6) is 5.75 Å². The first-order chi connectivity index (χ1) is 18.5. The third-order valence-electron chi connectivity index (χ3n) is 7.81. The van der Waals surface area contributed by atoms with Gasteiger partial charge in [-0.25, -0.2) is 0 Å². The maximum Gasteiger partial charge on any atom is 0.310 e. The van der Waals surface area contributed by atoms with E-state index in [9.17, 15) is 9.59 Å². The van der Waals surface area contributed by atoms with E-state index in [2.05, 4.69) is 9.80 Å². The molecule has 1 aliphatic carbocycles. The van der Waals surface area contributed by atoms with Crippen LogP contribution in [0.1, 0.15) is 44.1 Å². The summed E-state index contributed by atoms with van der Waals surface area (Å²) in [6.45, 7) is 5.45. The van der Waals surface area contributed by atoms with Crippen LogP contribution in [0, 0.1) is 5.92 Å². The maximum atomic E-state index is 12.6. The quantitative estimate of drug-likeness (QED) is 0.280. The van der Waals surface area contributed by atoms with Crippen molar-refractivity contribution < 1.29 is 19.1 Å². The van der Waals surface area contributed by atoms with Crippen LogP contribution in [-0.2, 0) is 20.7 Å². The first-order valence-electron chi connectivity index (χ1n) is 13.6. The molecule has 5 rings (SSSR count). The molecule has 2 aromatic carbocycles. The number of esters is 1. The van der Waals surface area contributed by atoms with E-state index in [0.717, 1.165) is 87.5 Å². The van der Waals surface area contributed by atoms with Crippen molar-refractivity contribution in [3.8, 4) is 5.75 Å². The second kappa shape index (κ2) is 12.6. The molecule has 0 spiro atoms. The summed E-state index contributed by atoms with van der Waals surface area (Å²) >= 11 is 12.6. The number of carbonyl (C=O) groups excluding carboxylic acids is 2. The molecule has 3 aliphatic rings. The van der Waals surface area contributed by atoms with Crippen molar-refractivity contribution in [2.45, 2.75) is 44.9 Å². The SMILES string of the molecule is O=C(OCN1C(=O)CCc2ccc(OCCCCN3CCN(c4cccc(Cl)c4Cl)CC3)cc21)C1CCC1. The second-order valence-electron chi connectivity index (χ2n) is 10.3. The number of hydrogen-bond acceptors (Lipinski definition) is 6. The molecule has 204 valence electrons. The molecule has 2 aliphatic heterocycles. The molecule has 0 aromatic heterocycles. The average molecular weight is 561 g/mol. The number of ether oxygens (including phenoxy) is 2. The molecule has 9 heteroatoms. The number of unbranched alkanes of at least 4 members (excludes halogenated alkanes) is 1. The minimum atomic E-state index is -0.196. The number of anilines is 2. The number of nitrogens with zero attached hydrogens (tertiary/aromatic N) is 3. The molecule has 0 radical (unpaired) electrons. The molecule has 2 aromatic rings. The average Bonchev–Trinajstić information content (AvgIpc) is 2.89. The van der Waals surface area contributed by atoms with Crippen LogP contribution in [0.3, 0.4) is 0 Å². The molecule has 1 saturated heterocycles. The normalized spacial score (nSPS) is 18.2. The molecule has 2 heterocycles. The molecule has 1 saturated carbocycles. The maximum absolute atomic E-state index is 12.6. The Morgan fingerprint density at radius 2 is 1.79 bits per heavy atom. The van der Waals surface area contributed by atoms with Gasteiger partial charge in [-0.05, 0) is 62.4 Å². The molecule has 0 bridgehead atoms. The third kappa shape index (κ3) is 6.38. The van der Waals surface area contributed by atoms with Crippen LogP contribution in [-0.4, -0.2) is 62.8 Å². The summed E-state index contributed by atoms with van der Waals surface area (Å²) in [5, 5.41) is 1.22. The lowest BCUT2D eigenvalue weighted by molar-refractivity contribution is -0.151. The van der Waals surface area contributed by atoms with Gasteiger partial charge in [-0.2, -0.15) is 0 Å². The lowest BCUT2D eigenvalue weighted by atomic mass is 9.86. The van der Waals surface area contributed by atoms with Crippen LogP contribution in [0.25, 0.3) is 0 Å². The molecule has 0 atom stereocenters. The van der Waals surface area contributed by atoms with E-state index >= 15 is 0 Å². The fraction of sp³-hybridized carbons (Fsp3) is 0.517. The van der Waals surface area contributed by atoms with E-state index in [1.807, 2.05) is 36.4 Å². The lowest BCUT2D eigenvalue weighted by Crippen LogP contribution is -2.46. The summed E-state index contributed by atoms with van der Waals surface area (Å²) in [4.78, 5) is 31.1. The summed E-state index contributed by atoms with van der Waals surface area (Å²) in [7, 11) is 0. The van der Waals surface area contributed by atoms with Crippen LogP contribution in [0.15, 0.2) is 36.4 Å². The van der Waals surface area contributed by atoms with Gasteiger partial charge in [-0.15, -0.1) is 0 Å². The highest BCUT2D eigenvalue weighted by Crippen LogP contribution is 2.34. The first kappa shape index (κ1) is 27.1. The second-order valence-corrected chi connectivity index (χ2v) is 11.1. The minimum Gasteiger partial charge on any atom is -0.494 e. The van der Waals surface area contributed by atoms with Gasteiger partial charge in [0.25, 0.3) is 0 Å². The van der Waals surface area contributed by atoms with Gasteiger partial charge < -0.3 is 14.4 Å².